The van der Waals surface area contributed by atoms with Crippen LogP contribution in [0.4, 0.5) is 0 Å². The zero-order valence-electron chi connectivity index (χ0n) is 11.2. The number of hydrogen-bond donors (Lipinski definition) is 4. The molecule has 0 radical (unpaired) electrons. The van der Waals surface area contributed by atoms with Crippen molar-refractivity contribution >= 4 is 16.2 Å². The molecule has 1 aromatic heterocycles. The minimum atomic E-state index is -3.94. The van der Waals surface area contributed by atoms with Crippen LogP contribution in [0.2, 0.25) is 0 Å². The Bertz CT molecular complexity index is 607. The predicted octanol–water partition coefficient (Wildman–Crippen LogP) is -1.19. The fraction of sp³-hybridized carbons (Fsp3) is 0.700. The molecule has 21 heavy (non-hydrogen) atoms. The Hall–Kier alpha value is -1.56. The van der Waals surface area contributed by atoms with Gasteiger partial charge in [-0.1, -0.05) is 18.0 Å². The molecule has 1 aromatic rings. The zero-order valence-corrected chi connectivity index (χ0v) is 12.0. The number of nitrogens with one attached hydrogen (secondary N) is 2. The highest BCUT2D eigenvalue weighted by Crippen LogP contribution is 2.34. The van der Waals surface area contributed by atoms with Gasteiger partial charge in [0.2, 0.25) is 5.89 Å². The SMILES string of the molecule is NC1(c2noc(CNS(=O)(=O)NCC(=O)O)n2)CCCC1. The summed E-state index contributed by atoms with van der Waals surface area (Å²) in [5, 5.41) is 12.2. The summed E-state index contributed by atoms with van der Waals surface area (Å²) in [6.07, 6.45) is 3.51. The summed E-state index contributed by atoms with van der Waals surface area (Å²) in [6, 6.07) is 0. The van der Waals surface area contributed by atoms with Gasteiger partial charge in [0.15, 0.2) is 5.82 Å². The second-order valence-electron chi connectivity index (χ2n) is 4.91. The first-order valence-corrected chi connectivity index (χ1v) is 7.87. The second-order valence-corrected chi connectivity index (χ2v) is 6.50. The molecule has 0 amide bonds. The van der Waals surface area contributed by atoms with E-state index in [0.717, 1.165) is 25.7 Å². The first kappa shape index (κ1) is 15.8. The van der Waals surface area contributed by atoms with E-state index in [2.05, 4.69) is 14.9 Å². The molecule has 0 aliphatic heterocycles. The molecular weight excluding hydrogens is 302 g/mol. The average Bonchev–Trinajstić information content (AvgIpc) is 3.04. The van der Waals surface area contributed by atoms with E-state index in [1.165, 1.54) is 0 Å². The van der Waals surface area contributed by atoms with Gasteiger partial charge in [0, 0.05) is 0 Å². The minimum absolute atomic E-state index is 0.0717. The smallest absolute Gasteiger partial charge is 0.318 e. The van der Waals surface area contributed by atoms with Gasteiger partial charge in [-0.2, -0.15) is 22.8 Å². The van der Waals surface area contributed by atoms with E-state index in [4.69, 9.17) is 15.4 Å². The first-order valence-electron chi connectivity index (χ1n) is 6.39. The Morgan fingerprint density at radius 2 is 2.05 bits per heavy atom. The molecule has 1 heterocycles. The highest BCUT2D eigenvalue weighted by molar-refractivity contribution is 7.87. The number of aromatic nitrogens is 2. The Morgan fingerprint density at radius 1 is 1.38 bits per heavy atom. The van der Waals surface area contributed by atoms with Crippen molar-refractivity contribution in [2.75, 3.05) is 6.54 Å². The third-order valence-corrected chi connectivity index (χ3v) is 4.28. The normalized spacial score (nSPS) is 18.0. The molecule has 2 rings (SSSR count). The Balaban J connectivity index is 1.92. The van der Waals surface area contributed by atoms with Crippen LogP contribution in [0, 0.1) is 0 Å². The molecular formula is C10H17N5O5S. The molecule has 0 bridgehead atoms. The highest BCUT2D eigenvalue weighted by Gasteiger charge is 2.35. The van der Waals surface area contributed by atoms with Crippen molar-refractivity contribution in [1.29, 1.82) is 0 Å². The number of carboxylic acid groups (broad SMARTS) is 1. The van der Waals surface area contributed by atoms with Crippen LogP contribution >= 0.6 is 0 Å². The van der Waals surface area contributed by atoms with Crippen LogP contribution in [-0.2, 0) is 27.1 Å². The average molecular weight is 319 g/mol. The molecule has 1 saturated carbocycles. The van der Waals surface area contributed by atoms with Crippen LogP contribution < -0.4 is 15.2 Å². The highest BCUT2D eigenvalue weighted by atomic mass is 32.2. The minimum Gasteiger partial charge on any atom is -0.480 e. The van der Waals surface area contributed by atoms with Crippen LogP contribution in [0.25, 0.3) is 0 Å². The van der Waals surface area contributed by atoms with Crippen LogP contribution in [-0.4, -0.2) is 36.2 Å². The summed E-state index contributed by atoms with van der Waals surface area (Å²) >= 11 is 0. The number of nitrogens with two attached hydrogens (primary N) is 1. The third-order valence-electron chi connectivity index (χ3n) is 3.24. The number of hydrogen-bond acceptors (Lipinski definition) is 7. The van der Waals surface area contributed by atoms with Crippen molar-refractivity contribution in [3.8, 4) is 0 Å². The largest absolute Gasteiger partial charge is 0.480 e. The van der Waals surface area contributed by atoms with Gasteiger partial charge in [0.25, 0.3) is 10.2 Å². The van der Waals surface area contributed by atoms with Crippen LogP contribution in [0.1, 0.15) is 37.4 Å². The maximum Gasteiger partial charge on any atom is 0.318 e. The lowest BCUT2D eigenvalue weighted by Crippen LogP contribution is -2.39. The second kappa shape index (κ2) is 6.05. The van der Waals surface area contributed by atoms with Gasteiger partial charge in [-0.15, -0.1) is 0 Å². The summed E-state index contributed by atoms with van der Waals surface area (Å²) in [5.41, 5.74) is 5.55. The van der Waals surface area contributed by atoms with Crippen molar-refractivity contribution in [3.05, 3.63) is 11.7 Å². The number of nitrogens with zero attached hydrogens (tertiary/aromatic N) is 2. The van der Waals surface area contributed by atoms with E-state index in [1.807, 2.05) is 4.72 Å². The van der Waals surface area contributed by atoms with E-state index in [9.17, 15) is 13.2 Å². The van der Waals surface area contributed by atoms with Crippen LogP contribution in [0.15, 0.2) is 4.52 Å². The number of carboxylic acids is 1. The quantitative estimate of drug-likeness (QED) is 0.487. The molecule has 5 N–H and O–H groups in total. The molecule has 0 saturated heterocycles. The lowest BCUT2D eigenvalue weighted by molar-refractivity contribution is -0.135. The molecule has 1 aliphatic rings. The van der Waals surface area contributed by atoms with Gasteiger partial charge in [-0.3, -0.25) is 4.79 Å². The number of rotatable bonds is 7. The fourth-order valence-corrected chi connectivity index (χ4v) is 2.85. The molecule has 10 nitrogen and oxygen atoms in total. The van der Waals surface area contributed by atoms with Gasteiger partial charge in [0.05, 0.1) is 12.1 Å². The monoisotopic (exact) mass is 319 g/mol. The predicted molar refractivity (Wildman–Crippen MR) is 70.0 cm³/mol. The van der Waals surface area contributed by atoms with Gasteiger partial charge < -0.3 is 15.4 Å². The first-order chi connectivity index (χ1) is 9.81. The number of carbonyl (C=O) groups is 1. The van der Waals surface area contributed by atoms with E-state index in [1.54, 1.807) is 0 Å². The summed E-state index contributed by atoms with van der Waals surface area (Å²) in [4.78, 5) is 14.4. The Labute approximate surface area is 121 Å². The molecule has 118 valence electrons. The fourth-order valence-electron chi connectivity index (χ4n) is 2.12. The van der Waals surface area contributed by atoms with E-state index in [0.29, 0.717) is 5.82 Å². The maximum absolute atomic E-state index is 11.4. The van der Waals surface area contributed by atoms with Crippen molar-refractivity contribution in [1.82, 2.24) is 19.6 Å². The third kappa shape index (κ3) is 4.20. The van der Waals surface area contributed by atoms with Crippen LogP contribution in [0.3, 0.4) is 0 Å². The molecule has 0 atom stereocenters. The Kier molecular flexibility index (Phi) is 4.56. The van der Waals surface area contributed by atoms with Crippen molar-refractivity contribution in [3.63, 3.8) is 0 Å². The van der Waals surface area contributed by atoms with Gasteiger partial charge >= 0.3 is 5.97 Å². The zero-order chi connectivity index (χ0) is 15.5. The van der Waals surface area contributed by atoms with Gasteiger partial charge in [-0.25, -0.2) is 0 Å². The molecule has 1 aliphatic carbocycles. The topological polar surface area (TPSA) is 160 Å². The summed E-state index contributed by atoms with van der Waals surface area (Å²) in [5.74, 6) is -0.845. The summed E-state index contributed by atoms with van der Waals surface area (Å²) in [7, 11) is -3.94. The lowest BCUT2D eigenvalue weighted by atomic mass is 9.99. The summed E-state index contributed by atoms with van der Waals surface area (Å²) in [6.45, 7) is -0.950. The van der Waals surface area contributed by atoms with E-state index in [-0.39, 0.29) is 12.4 Å². The summed E-state index contributed by atoms with van der Waals surface area (Å²) < 4.78 is 31.8. The van der Waals surface area contributed by atoms with Crippen molar-refractivity contribution in [2.45, 2.75) is 37.8 Å². The lowest BCUT2D eigenvalue weighted by Gasteiger charge is -2.17. The number of aliphatic carboxylic acids is 1. The maximum atomic E-state index is 11.4. The van der Waals surface area contributed by atoms with Crippen LogP contribution in [0.5, 0.6) is 0 Å². The van der Waals surface area contributed by atoms with Crippen molar-refractivity contribution in [2.24, 2.45) is 5.73 Å². The standard InChI is InChI=1S/C10H17N5O5S/c11-10(3-1-2-4-10)9-14-7(20-15-9)5-12-21(18,19)13-6-8(16)17/h12-13H,1-6,11H2,(H,16,17). The van der Waals surface area contributed by atoms with Crippen molar-refractivity contribution < 1.29 is 22.8 Å². The van der Waals surface area contributed by atoms with E-state index < -0.39 is 28.3 Å². The molecule has 0 aromatic carbocycles. The van der Waals surface area contributed by atoms with Gasteiger partial charge in [-0.05, 0) is 12.8 Å². The van der Waals surface area contributed by atoms with Gasteiger partial charge in [0.1, 0.15) is 6.54 Å². The Morgan fingerprint density at radius 3 is 2.67 bits per heavy atom. The molecule has 0 unspecified atom stereocenters. The molecule has 11 heteroatoms. The molecule has 0 spiro atoms. The van der Waals surface area contributed by atoms with E-state index >= 15 is 0 Å². The molecule has 1 fully saturated rings.